The molecule has 2 atom stereocenters. The Bertz CT molecular complexity index is 1380. The summed E-state index contributed by atoms with van der Waals surface area (Å²) in [4.78, 5) is 16.1. The minimum absolute atomic E-state index is 0.0936. The number of nitrogens with one attached hydrogen (secondary N) is 1. The number of benzene rings is 4. The van der Waals surface area contributed by atoms with Crippen LogP contribution in [-0.2, 0) is 24.1 Å². The largest absolute Gasteiger partial charge is 0.491 e. The standard InChI is InChI=1S/C36H39ClN2O3/c37-31-19-17-30(18-20-31)25-39-21-9-10-22-41-26-32(23-28-11-3-1-4-12-28)38-36(40)34-15-7-8-16-35(34)42-27-33(39)24-29-13-5-2-6-14-29/h1-8,11-20,32-33H,9-10,21-27H2,(H,38,40)/t32-,33-/m0/s1. The van der Waals surface area contributed by atoms with Crippen molar-refractivity contribution >= 4 is 17.5 Å². The van der Waals surface area contributed by atoms with Gasteiger partial charge in [0.2, 0.25) is 0 Å². The maximum absolute atomic E-state index is 13.6. The monoisotopic (exact) mass is 582 g/mol. The Morgan fingerprint density at radius 2 is 1.40 bits per heavy atom. The first-order valence-corrected chi connectivity index (χ1v) is 15.2. The summed E-state index contributed by atoms with van der Waals surface area (Å²) in [5.74, 6) is 0.441. The molecule has 1 amide bonds. The van der Waals surface area contributed by atoms with E-state index in [2.05, 4.69) is 58.7 Å². The Kier molecular flexibility index (Phi) is 11.0. The van der Waals surface area contributed by atoms with E-state index < -0.39 is 0 Å². The van der Waals surface area contributed by atoms with Crippen LogP contribution in [0.5, 0.6) is 5.75 Å². The van der Waals surface area contributed by atoms with Crippen LogP contribution in [0.4, 0.5) is 0 Å². The highest BCUT2D eigenvalue weighted by atomic mass is 35.5. The molecule has 0 aliphatic carbocycles. The van der Waals surface area contributed by atoms with Gasteiger partial charge in [0.05, 0.1) is 18.2 Å². The topological polar surface area (TPSA) is 50.8 Å². The van der Waals surface area contributed by atoms with Crippen molar-refractivity contribution in [1.82, 2.24) is 10.2 Å². The van der Waals surface area contributed by atoms with Crippen LogP contribution >= 0.6 is 11.6 Å². The molecule has 1 N–H and O–H groups in total. The lowest BCUT2D eigenvalue weighted by molar-refractivity contribution is 0.0819. The van der Waals surface area contributed by atoms with E-state index in [4.69, 9.17) is 21.1 Å². The fourth-order valence-corrected chi connectivity index (χ4v) is 5.54. The Morgan fingerprint density at radius 1 is 0.738 bits per heavy atom. The van der Waals surface area contributed by atoms with Gasteiger partial charge >= 0.3 is 0 Å². The molecule has 5 nitrogen and oxygen atoms in total. The number of amides is 1. The molecule has 0 saturated heterocycles. The fraction of sp³-hybridized carbons (Fsp3) is 0.306. The van der Waals surface area contributed by atoms with Gasteiger partial charge in [0.1, 0.15) is 12.4 Å². The van der Waals surface area contributed by atoms with Crippen LogP contribution in [0.3, 0.4) is 0 Å². The van der Waals surface area contributed by atoms with Crippen LogP contribution in [0.2, 0.25) is 5.02 Å². The van der Waals surface area contributed by atoms with Crippen molar-refractivity contribution in [2.75, 3.05) is 26.4 Å². The molecule has 0 radical (unpaired) electrons. The third-order valence-corrected chi connectivity index (χ3v) is 7.91. The van der Waals surface area contributed by atoms with E-state index in [0.29, 0.717) is 37.6 Å². The lowest BCUT2D eigenvalue weighted by Gasteiger charge is -2.32. The van der Waals surface area contributed by atoms with E-state index in [1.54, 1.807) is 0 Å². The van der Waals surface area contributed by atoms with Gasteiger partial charge in [-0.1, -0.05) is 96.5 Å². The molecule has 5 rings (SSSR count). The highest BCUT2D eigenvalue weighted by Crippen LogP contribution is 2.22. The lowest BCUT2D eigenvalue weighted by Crippen LogP contribution is -2.41. The zero-order valence-electron chi connectivity index (χ0n) is 24.0. The molecule has 1 aliphatic rings. The van der Waals surface area contributed by atoms with Crippen molar-refractivity contribution in [2.24, 2.45) is 0 Å². The molecule has 218 valence electrons. The average molecular weight is 583 g/mol. The summed E-state index contributed by atoms with van der Waals surface area (Å²) in [7, 11) is 0. The molecule has 0 spiro atoms. The maximum atomic E-state index is 13.6. The van der Waals surface area contributed by atoms with E-state index >= 15 is 0 Å². The second kappa shape index (κ2) is 15.5. The molecule has 1 aliphatic heterocycles. The summed E-state index contributed by atoms with van der Waals surface area (Å²) in [5, 5.41) is 3.96. The highest BCUT2D eigenvalue weighted by Gasteiger charge is 2.23. The van der Waals surface area contributed by atoms with Gasteiger partial charge in [-0.2, -0.15) is 0 Å². The van der Waals surface area contributed by atoms with E-state index in [-0.39, 0.29) is 18.0 Å². The van der Waals surface area contributed by atoms with Gasteiger partial charge in [0, 0.05) is 24.2 Å². The van der Waals surface area contributed by atoms with Crippen molar-refractivity contribution in [3.63, 3.8) is 0 Å². The number of carbonyl (C=O) groups is 1. The molecule has 1 heterocycles. The molecule has 0 saturated carbocycles. The Labute approximate surface area is 254 Å². The number of para-hydroxylation sites is 1. The minimum atomic E-state index is -0.150. The molecule has 0 fully saturated rings. The Balaban J connectivity index is 1.40. The molecular formula is C36H39ClN2O3. The zero-order chi connectivity index (χ0) is 29.0. The number of hydrogen-bond donors (Lipinski definition) is 1. The number of ether oxygens (including phenoxy) is 2. The SMILES string of the molecule is O=C1N[C@@H](Cc2ccccc2)COCCCCN(Cc2ccc(Cl)cc2)[C@@H](Cc2ccccc2)COc2ccccc21. The highest BCUT2D eigenvalue weighted by molar-refractivity contribution is 6.30. The number of nitrogens with zero attached hydrogens (tertiary/aromatic N) is 1. The number of rotatable bonds is 6. The normalized spacial score (nSPS) is 19.0. The van der Waals surface area contributed by atoms with Crippen LogP contribution in [-0.4, -0.2) is 49.3 Å². The van der Waals surface area contributed by atoms with Gasteiger partial charge < -0.3 is 14.8 Å². The zero-order valence-corrected chi connectivity index (χ0v) is 24.7. The second-order valence-corrected chi connectivity index (χ2v) is 11.3. The van der Waals surface area contributed by atoms with Crippen LogP contribution in [0.1, 0.15) is 39.9 Å². The quantitative estimate of drug-likeness (QED) is 0.266. The summed E-state index contributed by atoms with van der Waals surface area (Å²) >= 11 is 6.19. The summed E-state index contributed by atoms with van der Waals surface area (Å²) in [6.07, 6.45) is 3.45. The predicted molar refractivity (Wildman–Crippen MR) is 169 cm³/mol. The molecule has 42 heavy (non-hydrogen) atoms. The molecule has 4 aromatic carbocycles. The first kappa shape index (κ1) is 29.8. The van der Waals surface area contributed by atoms with Crippen LogP contribution in [0.25, 0.3) is 0 Å². The van der Waals surface area contributed by atoms with E-state index in [0.717, 1.165) is 42.9 Å². The minimum Gasteiger partial charge on any atom is -0.491 e. The fourth-order valence-electron chi connectivity index (χ4n) is 5.42. The van der Waals surface area contributed by atoms with Gasteiger partial charge in [-0.15, -0.1) is 0 Å². The maximum Gasteiger partial charge on any atom is 0.255 e. The third-order valence-electron chi connectivity index (χ3n) is 7.66. The van der Waals surface area contributed by atoms with E-state index in [1.807, 2.05) is 60.7 Å². The average Bonchev–Trinajstić information content (AvgIpc) is 3.02. The summed E-state index contributed by atoms with van der Waals surface area (Å²) < 4.78 is 12.6. The van der Waals surface area contributed by atoms with Crippen molar-refractivity contribution in [2.45, 2.75) is 44.3 Å². The first-order chi connectivity index (χ1) is 20.6. The van der Waals surface area contributed by atoms with Crippen molar-refractivity contribution in [1.29, 1.82) is 0 Å². The molecule has 6 heteroatoms. The van der Waals surface area contributed by atoms with E-state index in [9.17, 15) is 4.79 Å². The molecule has 0 aromatic heterocycles. The smallest absolute Gasteiger partial charge is 0.255 e. The van der Waals surface area contributed by atoms with Crippen molar-refractivity contribution in [3.05, 3.63) is 136 Å². The lowest BCUT2D eigenvalue weighted by atomic mass is 10.0. The van der Waals surface area contributed by atoms with Gasteiger partial charge in [0.25, 0.3) is 5.91 Å². The number of halogens is 1. The summed E-state index contributed by atoms with van der Waals surface area (Å²) in [6, 6.07) is 36.3. The number of fused-ring (bicyclic) bond motifs is 1. The van der Waals surface area contributed by atoms with Gasteiger partial charge in [-0.3, -0.25) is 9.69 Å². The molecule has 0 unspecified atom stereocenters. The summed E-state index contributed by atoms with van der Waals surface area (Å²) in [5.41, 5.74) is 4.15. The number of hydrogen-bond acceptors (Lipinski definition) is 4. The van der Waals surface area contributed by atoms with Crippen LogP contribution in [0, 0.1) is 0 Å². The van der Waals surface area contributed by atoms with Gasteiger partial charge in [-0.05, 0) is 73.2 Å². The molecule has 0 bridgehead atoms. The predicted octanol–water partition coefficient (Wildman–Crippen LogP) is 6.98. The number of carbonyl (C=O) groups excluding carboxylic acids is 1. The third kappa shape index (κ3) is 8.93. The Morgan fingerprint density at radius 3 is 2.14 bits per heavy atom. The Hall–Kier alpha value is -3.64. The first-order valence-electron chi connectivity index (χ1n) is 14.8. The summed E-state index contributed by atoms with van der Waals surface area (Å²) in [6.45, 7) is 3.23. The van der Waals surface area contributed by atoms with Crippen molar-refractivity contribution < 1.29 is 14.3 Å². The van der Waals surface area contributed by atoms with Crippen molar-refractivity contribution in [3.8, 4) is 5.75 Å². The van der Waals surface area contributed by atoms with Gasteiger partial charge in [0.15, 0.2) is 0 Å². The van der Waals surface area contributed by atoms with Crippen LogP contribution < -0.4 is 10.1 Å². The van der Waals surface area contributed by atoms with Crippen LogP contribution in [0.15, 0.2) is 109 Å². The van der Waals surface area contributed by atoms with Gasteiger partial charge in [-0.25, -0.2) is 0 Å². The van der Waals surface area contributed by atoms with E-state index in [1.165, 1.54) is 11.1 Å². The molecular weight excluding hydrogens is 544 g/mol. The molecule has 4 aromatic rings. The second-order valence-electron chi connectivity index (χ2n) is 10.9.